The lowest BCUT2D eigenvalue weighted by Crippen LogP contribution is -2.35. The molecule has 0 aliphatic carbocycles. The van der Waals surface area contributed by atoms with Gasteiger partial charge in [0.2, 0.25) is 11.8 Å². The van der Waals surface area contributed by atoms with Gasteiger partial charge in [0.25, 0.3) is 0 Å². The number of ether oxygens (including phenoxy) is 1. The van der Waals surface area contributed by atoms with E-state index in [1.165, 1.54) is 7.11 Å². The topological polar surface area (TPSA) is 84.5 Å². The Balaban J connectivity index is 3.59. The molecule has 0 spiro atoms. The summed E-state index contributed by atoms with van der Waals surface area (Å²) < 4.78 is 4.45. The zero-order valence-corrected chi connectivity index (χ0v) is 12.2. The number of hydrogen-bond acceptors (Lipinski definition) is 4. The van der Waals surface area contributed by atoms with E-state index >= 15 is 0 Å². The Labute approximate surface area is 114 Å². The molecule has 0 aromatic carbocycles. The fraction of sp³-hybridized carbons (Fsp3) is 0.769. The summed E-state index contributed by atoms with van der Waals surface area (Å²) in [4.78, 5) is 33.7. The maximum atomic E-state index is 11.5. The van der Waals surface area contributed by atoms with Gasteiger partial charge in [0.05, 0.1) is 13.5 Å². The van der Waals surface area contributed by atoms with E-state index < -0.39 is 5.41 Å². The van der Waals surface area contributed by atoms with Gasteiger partial charge in [-0.3, -0.25) is 14.4 Å². The van der Waals surface area contributed by atoms with Crippen molar-refractivity contribution in [2.24, 2.45) is 5.41 Å². The second-order valence-electron chi connectivity index (χ2n) is 5.29. The first kappa shape index (κ1) is 17.4. The maximum absolute atomic E-state index is 11.5. The van der Waals surface area contributed by atoms with Gasteiger partial charge in [-0.05, 0) is 6.42 Å². The highest BCUT2D eigenvalue weighted by Gasteiger charge is 2.20. The molecule has 0 bridgehead atoms. The minimum Gasteiger partial charge on any atom is -0.469 e. The molecule has 0 heterocycles. The van der Waals surface area contributed by atoms with E-state index in [1.807, 2.05) is 20.8 Å². The average Bonchev–Trinajstić information content (AvgIpc) is 2.32. The Morgan fingerprint density at radius 3 is 2.16 bits per heavy atom. The molecule has 0 aliphatic heterocycles. The Kier molecular flexibility index (Phi) is 7.79. The van der Waals surface area contributed by atoms with Gasteiger partial charge < -0.3 is 15.4 Å². The summed E-state index contributed by atoms with van der Waals surface area (Å²) in [7, 11) is 1.31. The summed E-state index contributed by atoms with van der Waals surface area (Å²) >= 11 is 0. The number of carbonyl (C=O) groups excluding carboxylic acids is 3. The molecule has 6 nitrogen and oxygen atoms in total. The van der Waals surface area contributed by atoms with E-state index in [0.717, 1.165) is 0 Å². The standard InChI is InChI=1S/C13H24N2O4/c1-13(2,3)12(18)15-8-5-6-10(16)14-9-7-11(17)19-4/h5-9H2,1-4H3,(H,14,16)(H,15,18). The second-order valence-corrected chi connectivity index (χ2v) is 5.29. The van der Waals surface area contributed by atoms with Crippen LogP contribution >= 0.6 is 0 Å². The van der Waals surface area contributed by atoms with E-state index in [0.29, 0.717) is 19.4 Å². The fourth-order valence-corrected chi connectivity index (χ4v) is 1.21. The minimum atomic E-state index is -0.414. The van der Waals surface area contributed by atoms with Crippen molar-refractivity contribution in [1.82, 2.24) is 10.6 Å². The first-order valence-corrected chi connectivity index (χ1v) is 6.39. The smallest absolute Gasteiger partial charge is 0.307 e. The predicted molar refractivity (Wildman–Crippen MR) is 71.3 cm³/mol. The van der Waals surface area contributed by atoms with Gasteiger partial charge in [-0.25, -0.2) is 0 Å². The van der Waals surface area contributed by atoms with Gasteiger partial charge in [-0.15, -0.1) is 0 Å². The molecule has 0 rings (SSSR count). The van der Waals surface area contributed by atoms with Crippen molar-refractivity contribution in [1.29, 1.82) is 0 Å². The van der Waals surface area contributed by atoms with Crippen LogP contribution in [-0.4, -0.2) is 38.0 Å². The highest BCUT2D eigenvalue weighted by molar-refractivity contribution is 5.81. The fourth-order valence-electron chi connectivity index (χ4n) is 1.21. The molecule has 0 aromatic heterocycles. The molecule has 19 heavy (non-hydrogen) atoms. The monoisotopic (exact) mass is 272 g/mol. The molecule has 0 saturated heterocycles. The molecule has 0 atom stereocenters. The summed E-state index contributed by atoms with van der Waals surface area (Å²) in [5, 5.41) is 5.38. The third kappa shape index (κ3) is 9.04. The van der Waals surface area contributed by atoms with Gasteiger partial charge in [0, 0.05) is 24.9 Å². The van der Waals surface area contributed by atoms with Gasteiger partial charge in [0.15, 0.2) is 0 Å². The Hall–Kier alpha value is -1.59. The lowest BCUT2D eigenvalue weighted by atomic mass is 9.96. The first-order valence-electron chi connectivity index (χ1n) is 6.39. The van der Waals surface area contributed by atoms with Crippen LogP contribution in [0.5, 0.6) is 0 Å². The summed E-state index contributed by atoms with van der Waals surface area (Å²) in [5.41, 5.74) is -0.414. The summed E-state index contributed by atoms with van der Waals surface area (Å²) in [5.74, 6) is -0.509. The summed E-state index contributed by atoms with van der Waals surface area (Å²) in [6.07, 6.45) is 1.07. The Morgan fingerprint density at radius 2 is 1.63 bits per heavy atom. The first-order chi connectivity index (χ1) is 8.77. The van der Waals surface area contributed by atoms with Crippen molar-refractivity contribution in [2.75, 3.05) is 20.2 Å². The lowest BCUT2D eigenvalue weighted by Gasteiger charge is -2.17. The number of nitrogens with one attached hydrogen (secondary N) is 2. The number of methoxy groups -OCH3 is 1. The van der Waals surface area contributed by atoms with Gasteiger partial charge in [-0.1, -0.05) is 20.8 Å². The molecular formula is C13H24N2O4. The summed E-state index contributed by atoms with van der Waals surface area (Å²) in [6, 6.07) is 0. The van der Waals surface area contributed by atoms with Crippen LogP contribution in [0, 0.1) is 5.41 Å². The molecule has 0 aromatic rings. The van der Waals surface area contributed by atoms with Crippen LogP contribution in [0.25, 0.3) is 0 Å². The quantitative estimate of drug-likeness (QED) is 0.525. The zero-order valence-electron chi connectivity index (χ0n) is 12.2. The van der Waals surface area contributed by atoms with Crippen molar-refractivity contribution < 1.29 is 19.1 Å². The number of hydrogen-bond donors (Lipinski definition) is 2. The number of amides is 2. The van der Waals surface area contributed by atoms with Crippen molar-refractivity contribution in [2.45, 2.75) is 40.0 Å². The van der Waals surface area contributed by atoms with Crippen LogP contribution in [0.1, 0.15) is 40.0 Å². The molecule has 0 unspecified atom stereocenters. The molecule has 110 valence electrons. The number of esters is 1. The SMILES string of the molecule is COC(=O)CCNC(=O)CCCNC(=O)C(C)(C)C. The van der Waals surface area contributed by atoms with Crippen LogP contribution in [0.4, 0.5) is 0 Å². The number of rotatable bonds is 7. The third-order valence-corrected chi connectivity index (χ3v) is 2.43. The number of carbonyl (C=O) groups is 3. The van der Waals surface area contributed by atoms with E-state index in [2.05, 4.69) is 15.4 Å². The van der Waals surface area contributed by atoms with Gasteiger partial charge in [0.1, 0.15) is 0 Å². The van der Waals surface area contributed by atoms with Crippen LogP contribution < -0.4 is 10.6 Å². The lowest BCUT2D eigenvalue weighted by molar-refractivity contribution is -0.140. The van der Waals surface area contributed by atoms with Gasteiger partial charge >= 0.3 is 5.97 Å². The Bertz CT molecular complexity index is 321. The zero-order chi connectivity index (χ0) is 14.9. The largest absolute Gasteiger partial charge is 0.469 e. The molecule has 2 N–H and O–H groups in total. The van der Waals surface area contributed by atoms with E-state index in [-0.39, 0.29) is 30.7 Å². The van der Waals surface area contributed by atoms with E-state index in [4.69, 9.17) is 0 Å². The van der Waals surface area contributed by atoms with Crippen LogP contribution in [0.15, 0.2) is 0 Å². The molecular weight excluding hydrogens is 248 g/mol. The van der Waals surface area contributed by atoms with E-state index in [1.54, 1.807) is 0 Å². The molecule has 0 fully saturated rings. The van der Waals surface area contributed by atoms with Gasteiger partial charge in [-0.2, -0.15) is 0 Å². The van der Waals surface area contributed by atoms with E-state index in [9.17, 15) is 14.4 Å². The third-order valence-electron chi connectivity index (χ3n) is 2.43. The summed E-state index contributed by atoms with van der Waals surface area (Å²) in [6.45, 7) is 6.26. The van der Waals surface area contributed by atoms with Crippen molar-refractivity contribution >= 4 is 17.8 Å². The molecule has 6 heteroatoms. The van der Waals surface area contributed by atoms with Crippen molar-refractivity contribution in [3.8, 4) is 0 Å². The highest BCUT2D eigenvalue weighted by atomic mass is 16.5. The Morgan fingerprint density at radius 1 is 1.00 bits per heavy atom. The maximum Gasteiger partial charge on any atom is 0.307 e. The molecule has 2 amide bonds. The molecule has 0 radical (unpaired) electrons. The van der Waals surface area contributed by atoms with Crippen molar-refractivity contribution in [3.05, 3.63) is 0 Å². The second kappa shape index (κ2) is 8.50. The predicted octanol–water partition coefficient (Wildman–Crippen LogP) is 0.608. The van der Waals surface area contributed by atoms with Crippen LogP contribution in [0.2, 0.25) is 0 Å². The normalized spacial score (nSPS) is 10.7. The molecule has 0 aliphatic rings. The van der Waals surface area contributed by atoms with Crippen molar-refractivity contribution in [3.63, 3.8) is 0 Å². The highest BCUT2D eigenvalue weighted by Crippen LogP contribution is 2.12. The van der Waals surface area contributed by atoms with Crippen LogP contribution in [0.3, 0.4) is 0 Å². The minimum absolute atomic E-state index is 0.0291. The van der Waals surface area contributed by atoms with Crippen LogP contribution in [-0.2, 0) is 19.1 Å². The average molecular weight is 272 g/mol. The molecule has 0 saturated carbocycles.